The van der Waals surface area contributed by atoms with E-state index >= 15 is 0 Å². The van der Waals surface area contributed by atoms with E-state index in [1.54, 1.807) is 20.8 Å². The van der Waals surface area contributed by atoms with Crippen LogP contribution < -0.4 is 0 Å². The highest BCUT2D eigenvalue weighted by Gasteiger charge is 2.32. The van der Waals surface area contributed by atoms with Gasteiger partial charge in [-0.15, -0.1) is 0 Å². The Hall–Kier alpha value is -1.21. The van der Waals surface area contributed by atoms with Gasteiger partial charge in [0, 0.05) is 12.2 Å². The number of benzene rings is 1. The molecule has 1 atom stereocenters. The van der Waals surface area contributed by atoms with Crippen LogP contribution in [0.15, 0.2) is 16.6 Å². The zero-order valence-corrected chi connectivity index (χ0v) is 15.0. The van der Waals surface area contributed by atoms with Gasteiger partial charge < -0.3 is 9.47 Å². The first-order valence-electron chi connectivity index (χ1n) is 7.39. The minimum Gasteiger partial charge on any atom is -0.444 e. The van der Waals surface area contributed by atoms with Crippen molar-refractivity contribution in [3.63, 3.8) is 0 Å². The molecule has 0 N–H and O–H groups in total. The van der Waals surface area contributed by atoms with Crippen LogP contribution in [0.1, 0.15) is 32.8 Å². The van der Waals surface area contributed by atoms with E-state index in [-0.39, 0.29) is 22.6 Å². The quantitative estimate of drug-likeness (QED) is 0.722. The first kappa shape index (κ1) is 18.1. The van der Waals surface area contributed by atoms with Crippen LogP contribution in [0.3, 0.4) is 0 Å². The molecular weight excluding hydrogens is 372 g/mol. The average molecular weight is 392 g/mol. The molecule has 2 rings (SSSR count). The summed E-state index contributed by atoms with van der Waals surface area (Å²) >= 11 is 3.05. The van der Waals surface area contributed by atoms with Gasteiger partial charge in [0.15, 0.2) is 0 Å². The number of rotatable bonds is 3. The molecule has 1 aliphatic rings. The largest absolute Gasteiger partial charge is 0.444 e. The predicted molar refractivity (Wildman–Crippen MR) is 85.1 cm³/mol. The van der Waals surface area contributed by atoms with Gasteiger partial charge in [0.25, 0.3) is 0 Å². The van der Waals surface area contributed by atoms with Gasteiger partial charge in [-0.25, -0.2) is 13.6 Å². The standard InChI is InChI=1S/C16H20BrF2NO3/c1-16(2,3)23-15(21)20(10-6-7-22-9-10)8-11-12(18)4-5-13(19)14(11)17/h4-5,10H,6-9H2,1-3H3. The maximum absolute atomic E-state index is 14.1. The zero-order valence-electron chi connectivity index (χ0n) is 13.4. The Labute approximate surface area is 142 Å². The third-order valence-electron chi connectivity index (χ3n) is 3.44. The number of halogens is 3. The molecular formula is C16H20BrF2NO3. The summed E-state index contributed by atoms with van der Waals surface area (Å²) in [5.41, 5.74) is -0.588. The van der Waals surface area contributed by atoms with Crippen molar-refractivity contribution in [3.05, 3.63) is 33.8 Å². The van der Waals surface area contributed by atoms with E-state index in [0.29, 0.717) is 19.6 Å². The monoisotopic (exact) mass is 391 g/mol. The smallest absolute Gasteiger partial charge is 0.410 e. The summed E-state index contributed by atoms with van der Waals surface area (Å²) in [6.45, 7) is 6.06. The van der Waals surface area contributed by atoms with Crippen molar-refractivity contribution in [1.82, 2.24) is 4.90 Å². The molecule has 0 bridgehead atoms. The lowest BCUT2D eigenvalue weighted by atomic mass is 10.1. The fraction of sp³-hybridized carbons (Fsp3) is 0.562. The summed E-state index contributed by atoms with van der Waals surface area (Å²) in [5.74, 6) is -1.15. The number of nitrogens with zero attached hydrogens (tertiary/aromatic N) is 1. The first-order valence-corrected chi connectivity index (χ1v) is 8.18. The van der Waals surface area contributed by atoms with Gasteiger partial charge in [0.05, 0.1) is 23.7 Å². The Balaban J connectivity index is 2.28. The van der Waals surface area contributed by atoms with E-state index in [0.717, 1.165) is 12.1 Å². The second-order valence-corrected chi connectivity index (χ2v) is 7.24. The molecule has 1 heterocycles. The van der Waals surface area contributed by atoms with Gasteiger partial charge in [0.1, 0.15) is 17.2 Å². The van der Waals surface area contributed by atoms with Crippen LogP contribution in [0.2, 0.25) is 0 Å². The van der Waals surface area contributed by atoms with Gasteiger partial charge in [-0.05, 0) is 55.3 Å². The molecule has 1 amide bonds. The second kappa shape index (κ2) is 7.13. The molecule has 23 heavy (non-hydrogen) atoms. The van der Waals surface area contributed by atoms with Crippen molar-refractivity contribution in [2.24, 2.45) is 0 Å². The number of ether oxygens (including phenoxy) is 2. The molecule has 0 saturated carbocycles. The number of carbonyl (C=O) groups excluding carboxylic acids is 1. The molecule has 0 aromatic heterocycles. The SMILES string of the molecule is CC(C)(C)OC(=O)N(Cc1c(F)ccc(F)c1Br)C1CCOC1. The van der Waals surface area contributed by atoms with Crippen molar-refractivity contribution in [1.29, 1.82) is 0 Å². The Kier molecular flexibility index (Phi) is 5.62. The molecule has 128 valence electrons. The molecule has 1 unspecified atom stereocenters. The van der Waals surface area contributed by atoms with Crippen molar-refractivity contribution < 1.29 is 23.0 Å². The summed E-state index contributed by atoms with van der Waals surface area (Å²) in [6, 6.07) is 1.87. The lowest BCUT2D eigenvalue weighted by Gasteiger charge is -2.31. The molecule has 1 aromatic carbocycles. The fourth-order valence-electron chi connectivity index (χ4n) is 2.32. The van der Waals surface area contributed by atoms with Gasteiger partial charge in [-0.1, -0.05) is 0 Å². The summed E-state index contributed by atoms with van der Waals surface area (Å²) in [7, 11) is 0. The Bertz CT molecular complexity index is 583. The topological polar surface area (TPSA) is 38.8 Å². The maximum Gasteiger partial charge on any atom is 0.410 e. The molecule has 1 fully saturated rings. The molecule has 4 nitrogen and oxygen atoms in total. The van der Waals surface area contributed by atoms with E-state index in [4.69, 9.17) is 9.47 Å². The predicted octanol–water partition coefficient (Wildman–Crippen LogP) is 4.25. The molecule has 0 aliphatic carbocycles. The molecule has 1 aromatic rings. The zero-order chi connectivity index (χ0) is 17.2. The molecule has 7 heteroatoms. The molecule has 1 aliphatic heterocycles. The van der Waals surface area contributed by atoms with Crippen LogP contribution in [0.5, 0.6) is 0 Å². The third kappa shape index (κ3) is 4.64. The summed E-state index contributed by atoms with van der Waals surface area (Å²) in [4.78, 5) is 13.9. The van der Waals surface area contributed by atoms with Crippen molar-refractivity contribution in [2.45, 2.75) is 45.4 Å². The van der Waals surface area contributed by atoms with Crippen molar-refractivity contribution in [3.8, 4) is 0 Å². The number of hydrogen-bond acceptors (Lipinski definition) is 3. The van der Waals surface area contributed by atoms with Crippen LogP contribution in [-0.4, -0.2) is 35.8 Å². The molecule has 1 saturated heterocycles. The average Bonchev–Trinajstić information content (AvgIpc) is 2.95. The van der Waals surface area contributed by atoms with Crippen molar-refractivity contribution >= 4 is 22.0 Å². The van der Waals surface area contributed by atoms with E-state index in [2.05, 4.69) is 15.9 Å². The fourth-order valence-corrected chi connectivity index (χ4v) is 2.76. The maximum atomic E-state index is 14.1. The van der Waals surface area contributed by atoms with E-state index in [9.17, 15) is 13.6 Å². The Morgan fingerprint density at radius 1 is 1.39 bits per heavy atom. The number of carbonyl (C=O) groups is 1. The van der Waals surface area contributed by atoms with Gasteiger partial charge in [-0.2, -0.15) is 0 Å². The van der Waals surface area contributed by atoms with E-state index in [1.165, 1.54) is 4.90 Å². The van der Waals surface area contributed by atoms with Gasteiger partial charge in [-0.3, -0.25) is 4.90 Å². The number of amides is 1. The molecule has 0 radical (unpaired) electrons. The van der Waals surface area contributed by atoms with E-state index in [1.807, 2.05) is 0 Å². The Morgan fingerprint density at radius 3 is 2.61 bits per heavy atom. The lowest BCUT2D eigenvalue weighted by molar-refractivity contribution is 0.0123. The van der Waals surface area contributed by atoms with Crippen LogP contribution in [0, 0.1) is 11.6 Å². The minimum atomic E-state index is -0.674. The second-order valence-electron chi connectivity index (χ2n) is 6.45. The van der Waals surface area contributed by atoms with Crippen molar-refractivity contribution in [2.75, 3.05) is 13.2 Å². The Morgan fingerprint density at radius 2 is 2.04 bits per heavy atom. The normalized spacial score (nSPS) is 18.1. The first-order chi connectivity index (χ1) is 10.7. The number of hydrogen-bond donors (Lipinski definition) is 0. The van der Waals surface area contributed by atoms with E-state index < -0.39 is 23.3 Å². The van der Waals surface area contributed by atoms with Crippen LogP contribution in [-0.2, 0) is 16.0 Å². The van der Waals surface area contributed by atoms with Gasteiger partial charge >= 0.3 is 6.09 Å². The summed E-state index contributed by atoms with van der Waals surface area (Å²) in [5, 5.41) is 0. The summed E-state index contributed by atoms with van der Waals surface area (Å²) < 4.78 is 38.5. The van der Waals surface area contributed by atoms with Gasteiger partial charge in [0.2, 0.25) is 0 Å². The van der Waals surface area contributed by atoms with Crippen LogP contribution in [0.4, 0.5) is 13.6 Å². The third-order valence-corrected chi connectivity index (χ3v) is 4.30. The minimum absolute atomic E-state index is 0.0185. The lowest BCUT2D eigenvalue weighted by Crippen LogP contribution is -2.43. The van der Waals surface area contributed by atoms with Crippen LogP contribution >= 0.6 is 15.9 Å². The summed E-state index contributed by atoms with van der Waals surface area (Å²) in [6.07, 6.45) is 0.0666. The molecule has 0 spiro atoms. The highest BCUT2D eigenvalue weighted by molar-refractivity contribution is 9.10. The highest BCUT2D eigenvalue weighted by Crippen LogP contribution is 2.27. The highest BCUT2D eigenvalue weighted by atomic mass is 79.9. The van der Waals surface area contributed by atoms with Crippen LogP contribution in [0.25, 0.3) is 0 Å².